The molecule has 2 unspecified atom stereocenters. The number of rotatable bonds is 4. The zero-order chi connectivity index (χ0) is 16.5. The molecular formula is C18H34O4. The summed E-state index contributed by atoms with van der Waals surface area (Å²) in [5.41, 5.74) is 0. The van der Waals surface area contributed by atoms with Gasteiger partial charge in [0.15, 0.2) is 12.6 Å². The Labute approximate surface area is 135 Å². The molecule has 4 nitrogen and oxygen atoms in total. The number of unbranched alkanes of at least 4 members (excludes halogenated alkanes) is 2. The van der Waals surface area contributed by atoms with Gasteiger partial charge in [0, 0.05) is 13.2 Å². The minimum absolute atomic E-state index is 0.464. The van der Waals surface area contributed by atoms with Gasteiger partial charge in [0.05, 0.1) is 0 Å². The molecule has 0 aromatic heterocycles. The summed E-state index contributed by atoms with van der Waals surface area (Å²) in [6, 6.07) is 0. The molecule has 0 aromatic carbocycles. The summed E-state index contributed by atoms with van der Waals surface area (Å²) in [6.45, 7) is 7.16. The zero-order valence-corrected chi connectivity index (χ0v) is 14.1. The van der Waals surface area contributed by atoms with E-state index in [2.05, 4.69) is 18.7 Å². The van der Waals surface area contributed by atoms with Gasteiger partial charge in [0.25, 0.3) is 0 Å². The van der Waals surface area contributed by atoms with Gasteiger partial charge in [-0.15, -0.1) is 6.58 Å². The second-order valence-corrected chi connectivity index (χ2v) is 5.43. The molecule has 2 rings (SSSR count). The van der Waals surface area contributed by atoms with Gasteiger partial charge in [-0.2, -0.15) is 0 Å². The van der Waals surface area contributed by atoms with Crippen molar-refractivity contribution in [3.63, 3.8) is 0 Å². The molecule has 2 N–H and O–H groups in total. The average Bonchev–Trinajstić information content (AvgIpc) is 2.54. The molecule has 0 bridgehead atoms. The lowest BCUT2D eigenvalue weighted by Gasteiger charge is -2.16. The summed E-state index contributed by atoms with van der Waals surface area (Å²) >= 11 is 0. The van der Waals surface area contributed by atoms with Crippen LogP contribution >= 0.6 is 0 Å². The van der Waals surface area contributed by atoms with E-state index in [4.69, 9.17) is 19.7 Å². The van der Waals surface area contributed by atoms with Crippen molar-refractivity contribution in [2.24, 2.45) is 0 Å². The first-order valence-electron chi connectivity index (χ1n) is 8.52. The lowest BCUT2D eigenvalue weighted by Crippen LogP contribution is -2.17. The van der Waals surface area contributed by atoms with Crippen molar-refractivity contribution in [3.05, 3.63) is 24.8 Å². The first-order valence-corrected chi connectivity index (χ1v) is 8.52. The molecule has 130 valence electrons. The number of aliphatic hydroxyl groups excluding tert-OH is 2. The van der Waals surface area contributed by atoms with Crippen LogP contribution in [0.1, 0.15) is 64.7 Å². The van der Waals surface area contributed by atoms with E-state index >= 15 is 0 Å². The van der Waals surface area contributed by atoms with Crippen LogP contribution < -0.4 is 0 Å². The van der Waals surface area contributed by atoms with Crippen molar-refractivity contribution in [1.29, 1.82) is 0 Å². The van der Waals surface area contributed by atoms with Crippen molar-refractivity contribution in [1.82, 2.24) is 0 Å². The summed E-state index contributed by atoms with van der Waals surface area (Å²) in [5, 5.41) is 17.4. The van der Waals surface area contributed by atoms with Gasteiger partial charge in [-0.3, -0.25) is 0 Å². The molecule has 0 aromatic rings. The Morgan fingerprint density at radius 3 is 1.77 bits per heavy atom. The molecule has 22 heavy (non-hydrogen) atoms. The van der Waals surface area contributed by atoms with E-state index in [1.807, 2.05) is 13.0 Å². The van der Waals surface area contributed by atoms with E-state index in [0.29, 0.717) is 0 Å². The molecule has 2 aliphatic rings. The van der Waals surface area contributed by atoms with E-state index in [-0.39, 0.29) is 0 Å². The van der Waals surface area contributed by atoms with Gasteiger partial charge in [0.1, 0.15) is 0 Å². The first kappa shape index (κ1) is 21.3. The topological polar surface area (TPSA) is 58.9 Å². The number of hydrogen-bond acceptors (Lipinski definition) is 4. The number of aliphatic hydroxyl groups is 2. The highest BCUT2D eigenvalue weighted by Crippen LogP contribution is 2.09. The monoisotopic (exact) mass is 314 g/mol. The maximum Gasteiger partial charge on any atom is 0.154 e. The van der Waals surface area contributed by atoms with Crippen LogP contribution in [0.2, 0.25) is 0 Å². The Morgan fingerprint density at radius 1 is 0.955 bits per heavy atom. The van der Waals surface area contributed by atoms with Crippen molar-refractivity contribution in [2.75, 3.05) is 13.2 Å². The maximum absolute atomic E-state index is 8.69. The standard InChI is InChI=1S/C8H14.2C5H10O2/c1-3-5-7-8-6-4-2;2*6-5-3-1-2-4-7-5/h3-4,6H,1,5,7-8H2,2H3;2*5-6H,1-4H2/b6-4+;;. The van der Waals surface area contributed by atoms with Crippen LogP contribution in [-0.2, 0) is 9.47 Å². The van der Waals surface area contributed by atoms with Crippen LogP contribution in [0.5, 0.6) is 0 Å². The van der Waals surface area contributed by atoms with Crippen molar-refractivity contribution in [3.8, 4) is 0 Å². The third-order valence-corrected chi connectivity index (χ3v) is 3.33. The van der Waals surface area contributed by atoms with Crippen molar-refractivity contribution < 1.29 is 19.7 Å². The zero-order valence-electron chi connectivity index (χ0n) is 14.1. The summed E-state index contributed by atoms with van der Waals surface area (Å²) in [7, 11) is 0. The molecule has 0 radical (unpaired) electrons. The maximum atomic E-state index is 8.69. The average molecular weight is 314 g/mol. The molecule has 0 aliphatic carbocycles. The minimum Gasteiger partial charge on any atom is -0.368 e. The van der Waals surface area contributed by atoms with E-state index in [1.54, 1.807) is 0 Å². The van der Waals surface area contributed by atoms with E-state index < -0.39 is 12.6 Å². The van der Waals surface area contributed by atoms with Gasteiger partial charge in [-0.1, -0.05) is 18.2 Å². The molecule has 2 saturated heterocycles. The van der Waals surface area contributed by atoms with E-state index in [9.17, 15) is 0 Å². The molecule has 2 fully saturated rings. The highest BCUT2D eigenvalue weighted by Gasteiger charge is 2.08. The normalized spacial score (nSPS) is 24.7. The summed E-state index contributed by atoms with van der Waals surface area (Å²) in [6.07, 6.45) is 15.0. The number of ether oxygens (including phenoxy) is 2. The SMILES string of the molecule is C=CCCC/C=C/C.OC1CCCCO1.OC1CCCCO1. The lowest BCUT2D eigenvalue weighted by molar-refractivity contribution is -0.123. The molecule has 4 heteroatoms. The summed E-state index contributed by atoms with van der Waals surface area (Å²) in [4.78, 5) is 0. The molecule has 0 saturated carbocycles. The third kappa shape index (κ3) is 15.7. The van der Waals surface area contributed by atoms with Crippen LogP contribution in [0.4, 0.5) is 0 Å². The predicted molar refractivity (Wildman–Crippen MR) is 90.5 cm³/mol. The molecule has 2 atom stereocenters. The smallest absolute Gasteiger partial charge is 0.154 e. The molecular weight excluding hydrogens is 280 g/mol. The number of allylic oxidation sites excluding steroid dienone is 3. The first-order chi connectivity index (χ1) is 10.7. The van der Waals surface area contributed by atoms with Crippen LogP contribution in [0.25, 0.3) is 0 Å². The number of hydrogen-bond donors (Lipinski definition) is 2. The van der Waals surface area contributed by atoms with Crippen molar-refractivity contribution in [2.45, 2.75) is 77.3 Å². The van der Waals surface area contributed by atoms with Crippen LogP contribution in [0, 0.1) is 0 Å². The molecule has 0 spiro atoms. The summed E-state index contributed by atoms with van der Waals surface area (Å²) in [5.74, 6) is 0. The Morgan fingerprint density at radius 2 is 1.50 bits per heavy atom. The van der Waals surface area contributed by atoms with Gasteiger partial charge < -0.3 is 19.7 Å². The van der Waals surface area contributed by atoms with Crippen LogP contribution in [0.15, 0.2) is 24.8 Å². The summed E-state index contributed by atoms with van der Waals surface area (Å²) < 4.78 is 9.67. The third-order valence-electron chi connectivity index (χ3n) is 3.33. The second-order valence-electron chi connectivity index (χ2n) is 5.43. The van der Waals surface area contributed by atoms with Crippen LogP contribution in [-0.4, -0.2) is 36.0 Å². The van der Waals surface area contributed by atoms with Gasteiger partial charge in [-0.25, -0.2) is 0 Å². The fourth-order valence-corrected chi connectivity index (χ4v) is 1.99. The lowest BCUT2D eigenvalue weighted by atomic mass is 10.2. The van der Waals surface area contributed by atoms with Gasteiger partial charge in [0.2, 0.25) is 0 Å². The van der Waals surface area contributed by atoms with Crippen molar-refractivity contribution >= 4 is 0 Å². The predicted octanol–water partition coefficient (Wildman–Crippen LogP) is 3.93. The largest absolute Gasteiger partial charge is 0.368 e. The van der Waals surface area contributed by atoms with Gasteiger partial charge in [-0.05, 0) is 64.7 Å². The van der Waals surface area contributed by atoms with E-state index in [1.165, 1.54) is 12.8 Å². The Kier molecular flexibility index (Phi) is 16.2. The van der Waals surface area contributed by atoms with Crippen LogP contribution in [0.3, 0.4) is 0 Å². The quantitative estimate of drug-likeness (QED) is 0.610. The Balaban J connectivity index is 0.000000301. The fourth-order valence-electron chi connectivity index (χ4n) is 1.99. The molecule has 2 heterocycles. The fraction of sp³-hybridized carbons (Fsp3) is 0.778. The Bertz CT molecular complexity index is 238. The highest BCUT2D eigenvalue weighted by molar-refractivity contribution is 4.78. The molecule has 2 aliphatic heterocycles. The highest BCUT2D eigenvalue weighted by atomic mass is 16.6. The van der Waals surface area contributed by atoms with E-state index in [0.717, 1.165) is 58.2 Å². The Hall–Kier alpha value is -0.680. The minimum atomic E-state index is -0.464. The molecule has 0 amide bonds. The second kappa shape index (κ2) is 16.7. The van der Waals surface area contributed by atoms with Gasteiger partial charge >= 0.3 is 0 Å².